The summed E-state index contributed by atoms with van der Waals surface area (Å²) in [5, 5.41) is 5.94. The molecule has 32 heavy (non-hydrogen) atoms. The van der Waals surface area contributed by atoms with Gasteiger partial charge in [-0.15, -0.1) is 0 Å². The summed E-state index contributed by atoms with van der Waals surface area (Å²) in [6.07, 6.45) is 2.40. The molecule has 6 nitrogen and oxygen atoms in total. The lowest BCUT2D eigenvalue weighted by Gasteiger charge is -2.09. The van der Waals surface area contributed by atoms with Gasteiger partial charge in [-0.25, -0.2) is 14.4 Å². The number of amides is 2. The van der Waals surface area contributed by atoms with Gasteiger partial charge in [0.25, 0.3) is 5.91 Å². The summed E-state index contributed by atoms with van der Waals surface area (Å²) >= 11 is 7.39. The van der Waals surface area contributed by atoms with Crippen LogP contribution in [0.1, 0.15) is 35.0 Å². The van der Waals surface area contributed by atoms with Crippen molar-refractivity contribution in [2.45, 2.75) is 30.7 Å². The van der Waals surface area contributed by atoms with Gasteiger partial charge >= 0.3 is 0 Å². The van der Waals surface area contributed by atoms with Crippen LogP contribution in [-0.4, -0.2) is 28.3 Å². The van der Waals surface area contributed by atoms with E-state index < -0.39 is 5.91 Å². The SMILES string of the molecule is CCc1ccc(NC(=O)CCNC(=O)c2nc(SCc3ccc(F)cc3)ncc2Cl)cc1. The third-order valence-corrected chi connectivity index (χ3v) is 5.71. The molecule has 0 saturated carbocycles. The first-order chi connectivity index (χ1) is 15.4. The molecule has 0 fully saturated rings. The van der Waals surface area contributed by atoms with Crippen molar-refractivity contribution in [3.05, 3.63) is 82.4 Å². The van der Waals surface area contributed by atoms with Gasteiger partial charge < -0.3 is 10.6 Å². The van der Waals surface area contributed by atoms with Crippen molar-refractivity contribution in [3.8, 4) is 0 Å². The molecule has 0 saturated heterocycles. The molecule has 166 valence electrons. The van der Waals surface area contributed by atoms with Crippen LogP contribution < -0.4 is 10.6 Å². The number of halogens is 2. The molecule has 0 aliphatic rings. The Labute approximate surface area is 195 Å². The lowest BCUT2D eigenvalue weighted by Crippen LogP contribution is -2.28. The number of aromatic nitrogens is 2. The molecule has 1 aromatic heterocycles. The van der Waals surface area contributed by atoms with E-state index in [0.717, 1.165) is 12.0 Å². The van der Waals surface area contributed by atoms with Gasteiger partial charge in [-0.3, -0.25) is 9.59 Å². The van der Waals surface area contributed by atoms with Gasteiger partial charge in [0.1, 0.15) is 5.82 Å². The Morgan fingerprint density at radius 2 is 1.75 bits per heavy atom. The van der Waals surface area contributed by atoms with Gasteiger partial charge in [0.05, 0.1) is 11.2 Å². The Bertz CT molecular complexity index is 1080. The summed E-state index contributed by atoms with van der Waals surface area (Å²) in [5.74, 6) is -0.480. The fourth-order valence-corrected chi connectivity index (χ4v) is 3.68. The van der Waals surface area contributed by atoms with Gasteiger partial charge in [-0.05, 0) is 41.8 Å². The Kier molecular flexibility index (Phi) is 8.58. The topological polar surface area (TPSA) is 84.0 Å². The highest BCUT2D eigenvalue weighted by Crippen LogP contribution is 2.22. The minimum Gasteiger partial charge on any atom is -0.350 e. The van der Waals surface area contributed by atoms with Crippen molar-refractivity contribution >= 4 is 40.9 Å². The second-order valence-corrected chi connectivity index (χ2v) is 8.22. The van der Waals surface area contributed by atoms with Crippen molar-refractivity contribution in [2.75, 3.05) is 11.9 Å². The first-order valence-electron chi connectivity index (χ1n) is 10.0. The predicted octanol–water partition coefficient (Wildman–Crippen LogP) is 4.88. The van der Waals surface area contributed by atoms with E-state index >= 15 is 0 Å². The third-order valence-electron chi connectivity index (χ3n) is 4.50. The molecule has 3 rings (SSSR count). The molecule has 0 unspecified atom stereocenters. The number of hydrogen-bond donors (Lipinski definition) is 2. The Morgan fingerprint density at radius 3 is 2.44 bits per heavy atom. The second kappa shape index (κ2) is 11.6. The first kappa shape index (κ1) is 23.7. The number of carbonyl (C=O) groups excluding carboxylic acids is 2. The highest BCUT2D eigenvalue weighted by molar-refractivity contribution is 7.98. The summed E-state index contributed by atoms with van der Waals surface area (Å²) in [5.41, 5.74) is 2.84. The highest BCUT2D eigenvalue weighted by Gasteiger charge is 2.15. The van der Waals surface area contributed by atoms with Crippen LogP contribution in [0.25, 0.3) is 0 Å². The van der Waals surface area contributed by atoms with Crippen LogP contribution in [0.15, 0.2) is 59.9 Å². The quantitative estimate of drug-likeness (QED) is 0.342. The van der Waals surface area contributed by atoms with Crippen LogP contribution in [0.2, 0.25) is 5.02 Å². The molecule has 0 radical (unpaired) electrons. The van der Waals surface area contributed by atoms with Crippen molar-refractivity contribution in [3.63, 3.8) is 0 Å². The summed E-state index contributed by atoms with van der Waals surface area (Å²) in [6.45, 7) is 2.20. The van der Waals surface area contributed by atoms with E-state index in [0.29, 0.717) is 16.6 Å². The fourth-order valence-electron chi connectivity index (χ4n) is 2.73. The van der Waals surface area contributed by atoms with Crippen molar-refractivity contribution in [1.29, 1.82) is 0 Å². The van der Waals surface area contributed by atoms with Gasteiger partial charge in [0.2, 0.25) is 5.91 Å². The highest BCUT2D eigenvalue weighted by atomic mass is 35.5. The number of benzene rings is 2. The number of nitrogens with zero attached hydrogens (tertiary/aromatic N) is 2. The van der Waals surface area contributed by atoms with Crippen LogP contribution in [-0.2, 0) is 17.0 Å². The van der Waals surface area contributed by atoms with Crippen LogP contribution >= 0.6 is 23.4 Å². The van der Waals surface area contributed by atoms with Gasteiger partial charge in [0.15, 0.2) is 10.9 Å². The maximum atomic E-state index is 13.0. The molecule has 2 amide bonds. The van der Waals surface area contributed by atoms with Crippen molar-refractivity contribution in [1.82, 2.24) is 15.3 Å². The number of hydrogen-bond acceptors (Lipinski definition) is 5. The zero-order valence-electron chi connectivity index (χ0n) is 17.4. The normalized spacial score (nSPS) is 10.6. The van der Waals surface area contributed by atoms with E-state index in [1.54, 1.807) is 12.1 Å². The standard InChI is InChI=1S/C23H22ClFN4O2S/c1-2-15-5-9-18(10-6-15)28-20(30)11-12-26-22(31)21-19(24)13-27-23(29-21)32-14-16-3-7-17(25)8-4-16/h3-10,13H,2,11-12,14H2,1H3,(H,26,31)(H,28,30). The molecule has 3 aromatic rings. The van der Waals surface area contributed by atoms with Gasteiger partial charge in [-0.2, -0.15) is 0 Å². The molecule has 0 spiro atoms. The molecule has 1 heterocycles. The number of nitrogens with one attached hydrogen (secondary N) is 2. The Hall–Kier alpha value is -2.97. The Balaban J connectivity index is 1.49. The minimum atomic E-state index is -0.485. The van der Waals surface area contributed by atoms with Crippen molar-refractivity contribution < 1.29 is 14.0 Å². The minimum absolute atomic E-state index is 0.0406. The smallest absolute Gasteiger partial charge is 0.271 e. The molecule has 2 N–H and O–H groups in total. The lowest BCUT2D eigenvalue weighted by atomic mass is 10.1. The van der Waals surface area contributed by atoms with Gasteiger partial charge in [0, 0.05) is 24.4 Å². The lowest BCUT2D eigenvalue weighted by molar-refractivity contribution is -0.116. The molecule has 9 heteroatoms. The fraction of sp³-hybridized carbons (Fsp3) is 0.217. The predicted molar refractivity (Wildman–Crippen MR) is 124 cm³/mol. The molecule has 2 aromatic carbocycles. The zero-order valence-corrected chi connectivity index (χ0v) is 19.0. The maximum Gasteiger partial charge on any atom is 0.271 e. The van der Waals surface area contributed by atoms with Crippen LogP contribution in [0.5, 0.6) is 0 Å². The first-order valence-corrected chi connectivity index (χ1v) is 11.4. The third kappa shape index (κ3) is 7.03. The Morgan fingerprint density at radius 1 is 1.06 bits per heavy atom. The van der Waals surface area contributed by atoms with Crippen molar-refractivity contribution in [2.24, 2.45) is 0 Å². The zero-order chi connectivity index (χ0) is 22.9. The van der Waals surface area contributed by atoms with Crippen LogP contribution in [0.4, 0.5) is 10.1 Å². The largest absolute Gasteiger partial charge is 0.350 e. The number of anilines is 1. The molecule has 0 aliphatic heterocycles. The summed E-state index contributed by atoms with van der Waals surface area (Å²) in [7, 11) is 0. The summed E-state index contributed by atoms with van der Waals surface area (Å²) < 4.78 is 13.0. The number of carbonyl (C=O) groups is 2. The van der Waals surface area contributed by atoms with E-state index in [9.17, 15) is 14.0 Å². The van der Waals surface area contributed by atoms with E-state index in [2.05, 4.69) is 27.5 Å². The van der Waals surface area contributed by atoms with Crippen LogP contribution in [0, 0.1) is 5.82 Å². The maximum absolute atomic E-state index is 13.0. The van der Waals surface area contributed by atoms with Gasteiger partial charge in [-0.1, -0.05) is 54.6 Å². The van der Waals surface area contributed by atoms with E-state index in [4.69, 9.17) is 11.6 Å². The van der Waals surface area contributed by atoms with E-state index in [-0.39, 0.29) is 35.4 Å². The van der Waals surface area contributed by atoms with Crippen LogP contribution in [0.3, 0.4) is 0 Å². The average Bonchev–Trinajstić information content (AvgIpc) is 2.80. The van der Waals surface area contributed by atoms with E-state index in [1.165, 1.54) is 35.7 Å². The summed E-state index contributed by atoms with van der Waals surface area (Å²) in [4.78, 5) is 32.9. The summed E-state index contributed by atoms with van der Waals surface area (Å²) in [6, 6.07) is 13.7. The number of rotatable bonds is 9. The average molecular weight is 473 g/mol. The number of aryl methyl sites for hydroxylation is 1. The molecular formula is C23H22ClFN4O2S. The molecule has 0 atom stereocenters. The molecule has 0 aliphatic carbocycles. The second-order valence-electron chi connectivity index (χ2n) is 6.87. The molecular weight excluding hydrogens is 451 g/mol. The van der Waals surface area contributed by atoms with E-state index in [1.807, 2.05) is 24.3 Å². The molecule has 0 bridgehead atoms. The monoisotopic (exact) mass is 472 g/mol. The number of thioether (sulfide) groups is 1.